The summed E-state index contributed by atoms with van der Waals surface area (Å²) in [6, 6.07) is 6.04. The van der Waals surface area contributed by atoms with Crippen LogP contribution in [0.25, 0.3) is 0 Å². The summed E-state index contributed by atoms with van der Waals surface area (Å²) in [6.07, 6.45) is 3.79. The van der Waals surface area contributed by atoms with Crippen molar-refractivity contribution in [2.75, 3.05) is 12.4 Å². The van der Waals surface area contributed by atoms with Crippen LogP contribution in [0, 0.1) is 16.0 Å². The van der Waals surface area contributed by atoms with Crippen LogP contribution in [-0.4, -0.2) is 23.9 Å². The number of ether oxygens (including phenoxy) is 1. The maximum atomic E-state index is 13.2. The Balaban J connectivity index is 1.92. The third-order valence-corrected chi connectivity index (χ3v) is 6.42. The lowest BCUT2D eigenvalue weighted by molar-refractivity contribution is -0.384. The molecule has 1 aromatic carbocycles. The molecule has 1 aromatic heterocycles. The van der Waals surface area contributed by atoms with E-state index in [9.17, 15) is 19.7 Å². The van der Waals surface area contributed by atoms with Gasteiger partial charge >= 0.3 is 5.97 Å². The molecule has 1 amide bonds. The van der Waals surface area contributed by atoms with Gasteiger partial charge in [-0.15, -0.1) is 11.3 Å². The van der Waals surface area contributed by atoms with Gasteiger partial charge in [0.1, 0.15) is 5.00 Å². The molecule has 2 aromatic rings. The molecule has 1 aliphatic carbocycles. The number of esters is 1. The maximum Gasteiger partial charge on any atom is 0.341 e. The summed E-state index contributed by atoms with van der Waals surface area (Å²) in [6.45, 7) is 3.85. The molecule has 29 heavy (non-hydrogen) atoms. The van der Waals surface area contributed by atoms with Crippen LogP contribution in [0.1, 0.15) is 59.0 Å². The highest BCUT2D eigenvalue weighted by Gasteiger charge is 2.30. The first-order valence-electron chi connectivity index (χ1n) is 9.61. The lowest BCUT2D eigenvalue weighted by atomic mass is 9.87. The van der Waals surface area contributed by atoms with E-state index >= 15 is 0 Å². The van der Waals surface area contributed by atoms with Gasteiger partial charge in [-0.25, -0.2) is 4.79 Å². The fourth-order valence-electron chi connectivity index (χ4n) is 3.80. The number of benzene rings is 1. The average molecular weight is 416 g/mol. The summed E-state index contributed by atoms with van der Waals surface area (Å²) in [5, 5.41) is 14.4. The molecule has 0 fully saturated rings. The van der Waals surface area contributed by atoms with Crippen molar-refractivity contribution in [3.63, 3.8) is 0 Å². The molecular formula is C21H24N2O5S. The van der Waals surface area contributed by atoms with Crippen molar-refractivity contribution in [2.45, 2.75) is 45.4 Å². The number of amides is 1. The number of thiophene rings is 1. The first-order valence-corrected chi connectivity index (χ1v) is 10.4. The van der Waals surface area contributed by atoms with E-state index in [1.54, 1.807) is 12.1 Å². The molecule has 8 heteroatoms. The van der Waals surface area contributed by atoms with E-state index in [0.29, 0.717) is 16.1 Å². The highest BCUT2D eigenvalue weighted by Crippen LogP contribution is 2.39. The molecule has 1 aliphatic rings. The highest BCUT2D eigenvalue weighted by atomic mass is 32.1. The molecule has 0 radical (unpaired) electrons. The summed E-state index contributed by atoms with van der Waals surface area (Å²) >= 11 is 1.44. The minimum atomic E-state index is -0.500. The Morgan fingerprint density at radius 3 is 2.41 bits per heavy atom. The average Bonchev–Trinajstić information content (AvgIpc) is 3.05. The number of methoxy groups -OCH3 is 1. The van der Waals surface area contributed by atoms with E-state index in [-0.39, 0.29) is 17.5 Å². The summed E-state index contributed by atoms with van der Waals surface area (Å²) < 4.78 is 4.96. The largest absolute Gasteiger partial charge is 0.465 e. The molecular weight excluding hydrogens is 392 g/mol. The van der Waals surface area contributed by atoms with Gasteiger partial charge in [0, 0.05) is 17.0 Å². The Labute approximate surface area is 173 Å². The molecule has 0 saturated heterocycles. The quantitative estimate of drug-likeness (QED) is 0.418. The second-order valence-electron chi connectivity index (χ2n) is 7.47. The van der Waals surface area contributed by atoms with Crippen LogP contribution < -0.4 is 5.32 Å². The van der Waals surface area contributed by atoms with Gasteiger partial charge in [-0.3, -0.25) is 14.9 Å². The lowest BCUT2D eigenvalue weighted by Crippen LogP contribution is -2.25. The predicted octanol–water partition coefficient (Wildman–Crippen LogP) is 4.70. The van der Waals surface area contributed by atoms with Crippen molar-refractivity contribution in [3.8, 4) is 0 Å². The summed E-state index contributed by atoms with van der Waals surface area (Å²) in [5.74, 6) is -1.21. The van der Waals surface area contributed by atoms with Crippen molar-refractivity contribution in [3.05, 3.63) is 55.9 Å². The highest BCUT2D eigenvalue weighted by molar-refractivity contribution is 7.17. The lowest BCUT2D eigenvalue weighted by Gasteiger charge is -2.20. The van der Waals surface area contributed by atoms with Crippen molar-refractivity contribution in [1.82, 2.24) is 0 Å². The number of anilines is 1. The summed E-state index contributed by atoms with van der Waals surface area (Å²) in [7, 11) is 1.34. The number of nitrogens with zero attached hydrogens (tertiary/aromatic N) is 1. The molecule has 154 valence electrons. The standard InChI is InChI=1S/C21H24N2O5S/c1-12(2)17(13-8-10-14(11-9-13)23(26)27)19(24)22-20-18(21(25)28-3)15-6-4-5-7-16(15)29-20/h8-12,17H,4-7H2,1-3H3,(H,22,24). The molecule has 0 saturated carbocycles. The monoisotopic (exact) mass is 416 g/mol. The number of rotatable bonds is 6. The fourth-order valence-corrected chi connectivity index (χ4v) is 5.08. The Bertz CT molecular complexity index is 933. The molecule has 0 bridgehead atoms. The zero-order valence-electron chi connectivity index (χ0n) is 16.7. The van der Waals surface area contributed by atoms with Crippen molar-refractivity contribution >= 4 is 33.9 Å². The number of fused-ring (bicyclic) bond motifs is 1. The normalized spacial score (nSPS) is 14.2. The predicted molar refractivity (Wildman–Crippen MR) is 112 cm³/mol. The second kappa shape index (κ2) is 8.73. The van der Waals surface area contributed by atoms with E-state index in [2.05, 4.69) is 5.32 Å². The SMILES string of the molecule is COC(=O)c1c(NC(=O)C(c2ccc([N+](=O)[O-])cc2)C(C)C)sc2c1CCCC2. The van der Waals surface area contributed by atoms with Crippen LogP contribution >= 0.6 is 11.3 Å². The Kier molecular flexibility index (Phi) is 6.32. The second-order valence-corrected chi connectivity index (χ2v) is 8.57. The molecule has 1 atom stereocenters. The first kappa shape index (κ1) is 21.0. The number of non-ortho nitro benzene ring substituents is 1. The van der Waals surface area contributed by atoms with Gasteiger partial charge in [-0.1, -0.05) is 26.0 Å². The van der Waals surface area contributed by atoms with Gasteiger partial charge in [-0.2, -0.15) is 0 Å². The third-order valence-electron chi connectivity index (χ3n) is 5.21. The molecule has 1 heterocycles. The Hall–Kier alpha value is -2.74. The molecule has 1 N–H and O–H groups in total. The topological polar surface area (TPSA) is 98.5 Å². The number of nitro benzene ring substituents is 1. The summed E-state index contributed by atoms with van der Waals surface area (Å²) in [5.41, 5.74) is 2.13. The fraction of sp³-hybridized carbons (Fsp3) is 0.429. The molecule has 0 aliphatic heterocycles. The van der Waals surface area contributed by atoms with Crippen LogP contribution in [0.2, 0.25) is 0 Å². The smallest absolute Gasteiger partial charge is 0.341 e. The van der Waals surface area contributed by atoms with Gasteiger partial charge in [0.25, 0.3) is 5.69 Å². The van der Waals surface area contributed by atoms with Crippen molar-refractivity contribution in [1.29, 1.82) is 0 Å². The van der Waals surface area contributed by atoms with Gasteiger partial charge in [0.05, 0.1) is 23.5 Å². The molecule has 1 unspecified atom stereocenters. The van der Waals surface area contributed by atoms with Crippen molar-refractivity contribution in [2.24, 2.45) is 5.92 Å². The van der Waals surface area contributed by atoms with Gasteiger partial charge < -0.3 is 10.1 Å². The van der Waals surface area contributed by atoms with Crippen molar-refractivity contribution < 1.29 is 19.2 Å². The van der Waals surface area contributed by atoms with Gasteiger partial charge in [0.15, 0.2) is 0 Å². The van der Waals surface area contributed by atoms with Crippen LogP contribution in [0.15, 0.2) is 24.3 Å². The Morgan fingerprint density at radius 2 is 1.83 bits per heavy atom. The van der Waals surface area contributed by atoms with E-state index < -0.39 is 16.8 Å². The minimum Gasteiger partial charge on any atom is -0.465 e. The number of hydrogen-bond donors (Lipinski definition) is 1. The number of nitro groups is 1. The van der Waals surface area contributed by atoms with Gasteiger partial charge in [-0.05, 0) is 42.7 Å². The molecule has 7 nitrogen and oxygen atoms in total. The third kappa shape index (κ3) is 4.32. The van der Waals surface area contributed by atoms with Crippen LogP contribution in [0.3, 0.4) is 0 Å². The zero-order chi connectivity index (χ0) is 21.1. The minimum absolute atomic E-state index is 0.0180. The van der Waals surface area contributed by atoms with E-state index in [0.717, 1.165) is 36.1 Å². The summed E-state index contributed by atoms with van der Waals surface area (Å²) in [4.78, 5) is 37.1. The molecule has 3 rings (SSSR count). The number of carbonyl (C=O) groups is 2. The van der Waals surface area contributed by atoms with Crippen LogP contribution in [0.5, 0.6) is 0 Å². The number of aryl methyl sites for hydroxylation is 1. The zero-order valence-corrected chi connectivity index (χ0v) is 17.5. The van der Waals surface area contributed by atoms with E-state index in [4.69, 9.17) is 4.74 Å². The van der Waals surface area contributed by atoms with E-state index in [1.807, 2.05) is 13.8 Å². The first-order chi connectivity index (χ1) is 13.8. The number of nitrogens with one attached hydrogen (secondary N) is 1. The number of hydrogen-bond acceptors (Lipinski definition) is 6. The Morgan fingerprint density at radius 1 is 1.17 bits per heavy atom. The van der Waals surface area contributed by atoms with Crippen LogP contribution in [0.4, 0.5) is 10.7 Å². The van der Waals surface area contributed by atoms with Gasteiger partial charge in [0.2, 0.25) is 5.91 Å². The maximum absolute atomic E-state index is 13.2. The van der Waals surface area contributed by atoms with E-state index in [1.165, 1.54) is 30.6 Å². The molecule has 0 spiro atoms. The number of carbonyl (C=O) groups excluding carboxylic acids is 2. The van der Waals surface area contributed by atoms with Crippen LogP contribution in [-0.2, 0) is 22.4 Å².